The van der Waals surface area contributed by atoms with Gasteiger partial charge in [0, 0.05) is 60.1 Å². The van der Waals surface area contributed by atoms with Crippen molar-refractivity contribution < 1.29 is 9.18 Å². The highest BCUT2D eigenvalue weighted by molar-refractivity contribution is 6.33. The molecule has 1 saturated carbocycles. The van der Waals surface area contributed by atoms with Gasteiger partial charge < -0.3 is 20.4 Å². The monoisotopic (exact) mass is 713 g/mol. The summed E-state index contributed by atoms with van der Waals surface area (Å²) in [6.45, 7) is 10.4. The molecule has 1 spiro atoms. The first-order chi connectivity index (χ1) is 24.6. The van der Waals surface area contributed by atoms with Crippen LogP contribution >= 0.6 is 11.6 Å². The third kappa shape index (κ3) is 7.09. The van der Waals surface area contributed by atoms with Crippen LogP contribution in [0.25, 0.3) is 22.2 Å². The lowest BCUT2D eigenvalue weighted by atomic mass is 9.71. The molecule has 2 aromatic carbocycles. The molecule has 2 N–H and O–H groups in total. The van der Waals surface area contributed by atoms with E-state index in [-0.39, 0.29) is 28.6 Å². The van der Waals surface area contributed by atoms with Crippen LogP contribution in [-0.2, 0) is 4.79 Å². The number of benzene rings is 2. The molecule has 4 aromatic rings. The minimum atomic E-state index is -0.578. The van der Waals surface area contributed by atoms with E-state index < -0.39 is 5.82 Å². The fraction of sp³-hybridized carbons (Fsp3) is 0.500. The third-order valence-corrected chi connectivity index (χ3v) is 12.2. The first-order valence-electron chi connectivity index (χ1n) is 18.5. The number of likely N-dealkylation sites (tertiary alicyclic amines) is 1. The second kappa shape index (κ2) is 14.5. The van der Waals surface area contributed by atoms with E-state index in [4.69, 9.17) is 21.6 Å². The minimum absolute atomic E-state index is 0.0307. The van der Waals surface area contributed by atoms with Gasteiger partial charge in [0.1, 0.15) is 11.5 Å². The number of hydrogen-bond donors (Lipinski definition) is 2. The minimum Gasteiger partial charge on any atom is -0.371 e. The van der Waals surface area contributed by atoms with Crippen LogP contribution in [0, 0.1) is 25.1 Å². The van der Waals surface area contributed by atoms with Crippen LogP contribution in [0.15, 0.2) is 47.4 Å². The molecule has 2 aromatic heterocycles. The Morgan fingerprint density at radius 3 is 2.41 bits per heavy atom. The lowest BCUT2D eigenvalue weighted by Crippen LogP contribution is -2.46. The van der Waals surface area contributed by atoms with Crippen molar-refractivity contribution in [3.05, 3.63) is 74.9 Å². The van der Waals surface area contributed by atoms with E-state index in [1.807, 2.05) is 13.8 Å². The van der Waals surface area contributed by atoms with Crippen LogP contribution < -0.4 is 21.1 Å². The number of halogens is 2. The molecule has 0 bridgehead atoms. The van der Waals surface area contributed by atoms with Crippen molar-refractivity contribution >= 4 is 45.9 Å². The molecule has 2 aliphatic heterocycles. The number of anilines is 3. The highest BCUT2D eigenvalue weighted by Gasteiger charge is 2.37. The van der Waals surface area contributed by atoms with E-state index in [0.29, 0.717) is 58.3 Å². The molecule has 2 saturated heterocycles. The first-order valence-corrected chi connectivity index (χ1v) is 18.9. The summed E-state index contributed by atoms with van der Waals surface area (Å²) in [5.74, 6) is -0.154. The predicted octanol–water partition coefficient (Wildman–Crippen LogP) is 7.93. The molecular formula is C40H49ClFN7O2. The number of hydrogen-bond acceptors (Lipinski definition) is 7. The zero-order valence-electron chi connectivity index (χ0n) is 30.2. The number of aryl methyl sites for hydroxylation is 2. The average molecular weight is 714 g/mol. The molecule has 3 fully saturated rings. The summed E-state index contributed by atoms with van der Waals surface area (Å²) < 4.78 is 16.4. The second-order valence-electron chi connectivity index (χ2n) is 15.1. The Hall–Kier alpha value is -4.02. The van der Waals surface area contributed by atoms with Crippen molar-refractivity contribution in [1.82, 2.24) is 24.8 Å². The van der Waals surface area contributed by atoms with Gasteiger partial charge in [-0.25, -0.2) is 9.37 Å². The van der Waals surface area contributed by atoms with Crippen molar-refractivity contribution in [2.45, 2.75) is 90.6 Å². The molecule has 11 heteroatoms. The second-order valence-corrected chi connectivity index (χ2v) is 15.4. The molecule has 270 valence electrons. The normalized spacial score (nSPS) is 20.9. The predicted molar refractivity (Wildman–Crippen MR) is 204 cm³/mol. The number of carbonyl (C=O) groups is 1. The number of pyridine rings is 1. The first kappa shape index (κ1) is 35.4. The zero-order valence-corrected chi connectivity index (χ0v) is 31.0. The molecular weight excluding hydrogens is 665 g/mol. The highest BCUT2D eigenvalue weighted by atomic mass is 35.5. The summed E-state index contributed by atoms with van der Waals surface area (Å²) in [6.07, 6.45) is 10.1. The van der Waals surface area contributed by atoms with E-state index in [2.05, 4.69) is 52.6 Å². The molecule has 0 radical (unpaired) electrons. The van der Waals surface area contributed by atoms with E-state index in [1.165, 1.54) is 56.1 Å². The Morgan fingerprint density at radius 2 is 1.73 bits per heavy atom. The lowest BCUT2D eigenvalue weighted by Gasteiger charge is -2.47. The average Bonchev–Trinajstić information content (AvgIpc) is 3.13. The van der Waals surface area contributed by atoms with Gasteiger partial charge in [-0.1, -0.05) is 30.7 Å². The van der Waals surface area contributed by atoms with Crippen LogP contribution in [-0.4, -0.2) is 64.6 Å². The maximum atomic E-state index is 14.7. The van der Waals surface area contributed by atoms with Gasteiger partial charge in [0.25, 0.3) is 5.56 Å². The van der Waals surface area contributed by atoms with Gasteiger partial charge in [0.15, 0.2) is 0 Å². The molecule has 3 aliphatic rings. The topological polar surface area (TPSA) is 95.4 Å². The standard InChI is InChI=1S/C40H49ClFN7O2/c1-5-34(50)44-27-9-12-29(13-10-27)49-37-31(26(3)35(38(49)51)30-7-6-8-32(42)36(30)41)24-43-39(46-37)45-28-11-14-33(25(2)23-28)48-21-17-40(18-22-48)15-19-47(4)20-16-40/h6-8,11,14,23-24,27,29H,5,9-10,12-13,15-22H2,1-4H3,(H,44,50)(H,43,45,46)/t27-,29+. The maximum absolute atomic E-state index is 14.7. The Morgan fingerprint density at radius 1 is 1.02 bits per heavy atom. The van der Waals surface area contributed by atoms with E-state index in [9.17, 15) is 14.0 Å². The number of nitrogens with one attached hydrogen (secondary N) is 2. The molecule has 1 aliphatic carbocycles. The quantitative estimate of drug-likeness (QED) is 0.201. The van der Waals surface area contributed by atoms with E-state index >= 15 is 0 Å². The molecule has 9 nitrogen and oxygen atoms in total. The van der Waals surface area contributed by atoms with Crippen molar-refractivity contribution in [2.24, 2.45) is 5.41 Å². The van der Waals surface area contributed by atoms with Gasteiger partial charge in [0.2, 0.25) is 11.9 Å². The number of fused-ring (bicyclic) bond motifs is 1. The Bertz CT molecular complexity index is 1990. The maximum Gasteiger partial charge on any atom is 0.260 e. The SMILES string of the molecule is CCC(=O)N[C@H]1CC[C@@H](n2c(=O)c(-c3cccc(F)c3Cl)c(C)c3cnc(Nc4ccc(N5CCC6(CCN(C)CC6)CC5)c(C)c4)nc32)CC1. The molecule has 51 heavy (non-hydrogen) atoms. The highest BCUT2D eigenvalue weighted by Crippen LogP contribution is 2.43. The number of amides is 1. The molecule has 1 amide bonds. The van der Waals surface area contributed by atoms with Gasteiger partial charge in [-0.3, -0.25) is 14.2 Å². The van der Waals surface area contributed by atoms with Crippen molar-refractivity contribution in [1.29, 1.82) is 0 Å². The molecule has 0 atom stereocenters. The zero-order chi connectivity index (χ0) is 35.9. The summed E-state index contributed by atoms with van der Waals surface area (Å²) in [6, 6.07) is 10.9. The number of aromatic nitrogens is 3. The number of carbonyl (C=O) groups excluding carboxylic acids is 1. The molecule has 7 rings (SSSR count). The lowest BCUT2D eigenvalue weighted by molar-refractivity contribution is -0.121. The molecule has 4 heterocycles. The van der Waals surface area contributed by atoms with Crippen LogP contribution in [0.5, 0.6) is 0 Å². The van der Waals surface area contributed by atoms with Crippen molar-refractivity contribution in [3.63, 3.8) is 0 Å². The number of nitrogens with zero attached hydrogens (tertiary/aromatic N) is 5. The summed E-state index contributed by atoms with van der Waals surface area (Å²) in [7, 11) is 2.23. The Labute approximate surface area is 304 Å². The van der Waals surface area contributed by atoms with Gasteiger partial charge in [-0.2, -0.15) is 4.98 Å². The Balaban J connectivity index is 1.18. The Kier molecular flexibility index (Phi) is 10.1. The summed E-state index contributed by atoms with van der Waals surface area (Å²) in [5.41, 5.74) is 5.45. The van der Waals surface area contributed by atoms with Crippen LogP contribution in [0.1, 0.15) is 81.9 Å². The fourth-order valence-corrected chi connectivity index (χ4v) is 8.81. The van der Waals surface area contributed by atoms with Gasteiger partial charge in [-0.15, -0.1) is 0 Å². The van der Waals surface area contributed by atoms with E-state index in [0.717, 1.165) is 31.6 Å². The molecule has 0 unspecified atom stereocenters. The fourth-order valence-electron chi connectivity index (χ4n) is 8.59. The largest absolute Gasteiger partial charge is 0.371 e. The van der Waals surface area contributed by atoms with Gasteiger partial charge >= 0.3 is 0 Å². The summed E-state index contributed by atoms with van der Waals surface area (Å²) in [5, 5.41) is 7.13. The van der Waals surface area contributed by atoms with Crippen molar-refractivity contribution in [2.75, 3.05) is 43.4 Å². The van der Waals surface area contributed by atoms with Crippen LogP contribution in [0.4, 0.5) is 21.7 Å². The van der Waals surface area contributed by atoms with Crippen LogP contribution in [0.2, 0.25) is 5.02 Å². The van der Waals surface area contributed by atoms with Gasteiger partial charge in [-0.05, 0) is 126 Å². The van der Waals surface area contributed by atoms with Gasteiger partial charge in [0.05, 0.1) is 10.6 Å². The third-order valence-electron chi connectivity index (χ3n) is 11.8. The number of piperidine rings is 2. The smallest absolute Gasteiger partial charge is 0.260 e. The summed E-state index contributed by atoms with van der Waals surface area (Å²) in [4.78, 5) is 41.3. The van der Waals surface area contributed by atoms with E-state index in [1.54, 1.807) is 22.9 Å². The number of rotatable bonds is 7. The van der Waals surface area contributed by atoms with Crippen LogP contribution in [0.3, 0.4) is 0 Å². The summed E-state index contributed by atoms with van der Waals surface area (Å²) >= 11 is 6.46. The van der Waals surface area contributed by atoms with Crippen molar-refractivity contribution in [3.8, 4) is 11.1 Å².